The van der Waals surface area contributed by atoms with Crippen LogP contribution in [0.25, 0.3) is 0 Å². The number of hydrogen-bond acceptors (Lipinski definition) is 1. The molecule has 1 atom stereocenters. The van der Waals surface area contributed by atoms with Crippen LogP contribution in [0.2, 0.25) is 0 Å². The van der Waals surface area contributed by atoms with Crippen molar-refractivity contribution in [3.63, 3.8) is 0 Å². The van der Waals surface area contributed by atoms with Crippen LogP contribution in [-0.2, 0) is 0 Å². The highest BCUT2D eigenvalue weighted by molar-refractivity contribution is 5.21. The van der Waals surface area contributed by atoms with E-state index in [1.54, 1.807) is 0 Å². The Morgan fingerprint density at radius 3 is 2.36 bits per heavy atom. The lowest BCUT2D eigenvalue weighted by Gasteiger charge is -2.43. The summed E-state index contributed by atoms with van der Waals surface area (Å²) in [4.78, 5) is 0. The van der Waals surface area contributed by atoms with E-state index in [4.69, 9.17) is 5.73 Å². The van der Waals surface area contributed by atoms with Crippen LogP contribution < -0.4 is 5.73 Å². The Balaban J connectivity index is 2.19. The second-order valence-corrected chi connectivity index (χ2v) is 4.19. The first-order valence-electron chi connectivity index (χ1n) is 5.18. The molecule has 1 aromatic carbocycles. The van der Waals surface area contributed by atoms with E-state index in [0.29, 0.717) is 6.54 Å². The second-order valence-electron chi connectivity index (χ2n) is 4.19. The van der Waals surface area contributed by atoms with E-state index in [-0.39, 0.29) is 5.41 Å². The van der Waals surface area contributed by atoms with Gasteiger partial charge in [-0.15, -0.1) is 0 Å². The second kappa shape index (κ2) is 3.70. The van der Waals surface area contributed by atoms with Crippen LogP contribution in [0.5, 0.6) is 0 Å². The fraction of sp³-hybridized carbons (Fsp3) is 0.500. The lowest BCUT2D eigenvalue weighted by Crippen LogP contribution is -2.41. The standard InChI is InChI=1S/C12H16FN/c13-11(10-5-2-1-3-6-10)12(9-14)7-4-8-12/h1-3,5-6,11H,4,7-9,14H2. The third-order valence-corrected chi connectivity index (χ3v) is 3.39. The van der Waals surface area contributed by atoms with Crippen LogP contribution in [0.4, 0.5) is 4.39 Å². The Morgan fingerprint density at radius 2 is 1.93 bits per heavy atom. The maximum atomic E-state index is 14.2. The first-order chi connectivity index (χ1) is 6.78. The molecular weight excluding hydrogens is 177 g/mol. The molecule has 2 rings (SSSR count). The molecule has 2 N–H and O–H groups in total. The van der Waals surface area contributed by atoms with Gasteiger partial charge in [0.05, 0.1) is 0 Å². The molecule has 0 aromatic heterocycles. The van der Waals surface area contributed by atoms with Crippen molar-refractivity contribution < 1.29 is 4.39 Å². The van der Waals surface area contributed by atoms with Crippen molar-refractivity contribution >= 4 is 0 Å². The predicted octanol–water partition coefficient (Wildman–Crippen LogP) is 2.83. The van der Waals surface area contributed by atoms with Crippen LogP contribution in [-0.4, -0.2) is 6.54 Å². The summed E-state index contributed by atoms with van der Waals surface area (Å²) in [5.41, 5.74) is 6.18. The molecule has 0 amide bonds. The van der Waals surface area contributed by atoms with E-state index in [2.05, 4.69) is 0 Å². The highest BCUT2D eigenvalue weighted by atomic mass is 19.1. The summed E-state index contributed by atoms with van der Waals surface area (Å²) in [6.45, 7) is 0.461. The lowest BCUT2D eigenvalue weighted by molar-refractivity contribution is 0.0284. The average molecular weight is 193 g/mol. The lowest BCUT2D eigenvalue weighted by atomic mass is 9.64. The number of nitrogens with two attached hydrogens (primary N) is 1. The monoisotopic (exact) mass is 193 g/mol. The maximum absolute atomic E-state index is 14.2. The Kier molecular flexibility index (Phi) is 2.55. The minimum atomic E-state index is -0.887. The van der Waals surface area contributed by atoms with E-state index in [0.717, 1.165) is 24.8 Å². The van der Waals surface area contributed by atoms with Gasteiger partial charge in [-0.1, -0.05) is 36.8 Å². The number of alkyl halides is 1. The third-order valence-electron chi connectivity index (χ3n) is 3.39. The molecule has 1 fully saturated rings. The Bertz CT molecular complexity index is 287. The number of hydrogen-bond donors (Lipinski definition) is 1. The average Bonchev–Trinajstić information content (AvgIpc) is 2.18. The fourth-order valence-corrected chi connectivity index (χ4v) is 2.17. The van der Waals surface area contributed by atoms with Gasteiger partial charge >= 0.3 is 0 Å². The molecule has 76 valence electrons. The zero-order valence-electron chi connectivity index (χ0n) is 8.25. The van der Waals surface area contributed by atoms with Gasteiger partial charge in [0.1, 0.15) is 6.17 Å². The minimum absolute atomic E-state index is 0.263. The van der Waals surface area contributed by atoms with Gasteiger partial charge in [0.25, 0.3) is 0 Å². The minimum Gasteiger partial charge on any atom is -0.330 e. The van der Waals surface area contributed by atoms with Crippen molar-refractivity contribution in [2.75, 3.05) is 6.54 Å². The van der Waals surface area contributed by atoms with Crippen molar-refractivity contribution in [3.8, 4) is 0 Å². The molecule has 1 nitrogen and oxygen atoms in total. The summed E-state index contributed by atoms with van der Waals surface area (Å²) < 4.78 is 14.2. The molecule has 0 heterocycles. The summed E-state index contributed by atoms with van der Waals surface area (Å²) in [7, 11) is 0. The molecule has 1 aromatic rings. The molecule has 0 spiro atoms. The molecule has 0 radical (unpaired) electrons. The van der Waals surface area contributed by atoms with Gasteiger partial charge in [-0.05, 0) is 18.4 Å². The van der Waals surface area contributed by atoms with Gasteiger partial charge < -0.3 is 5.73 Å². The van der Waals surface area contributed by atoms with Gasteiger partial charge in [0.2, 0.25) is 0 Å². The summed E-state index contributed by atoms with van der Waals surface area (Å²) in [5.74, 6) is 0. The van der Waals surface area contributed by atoms with E-state index < -0.39 is 6.17 Å². The fourth-order valence-electron chi connectivity index (χ4n) is 2.17. The predicted molar refractivity (Wildman–Crippen MR) is 55.6 cm³/mol. The van der Waals surface area contributed by atoms with Crippen molar-refractivity contribution in [1.82, 2.24) is 0 Å². The summed E-state index contributed by atoms with van der Waals surface area (Å²) >= 11 is 0. The highest BCUT2D eigenvalue weighted by Crippen LogP contribution is 2.51. The topological polar surface area (TPSA) is 26.0 Å². The maximum Gasteiger partial charge on any atom is 0.132 e. The largest absolute Gasteiger partial charge is 0.330 e. The summed E-state index contributed by atoms with van der Waals surface area (Å²) in [6, 6.07) is 9.36. The smallest absolute Gasteiger partial charge is 0.132 e. The first-order valence-corrected chi connectivity index (χ1v) is 5.18. The SMILES string of the molecule is NCC1(C(F)c2ccccc2)CCC1. The first kappa shape index (κ1) is 9.66. The number of benzene rings is 1. The van der Waals surface area contributed by atoms with E-state index >= 15 is 0 Å². The van der Waals surface area contributed by atoms with E-state index in [1.807, 2.05) is 30.3 Å². The van der Waals surface area contributed by atoms with Gasteiger partial charge in [0.15, 0.2) is 0 Å². The van der Waals surface area contributed by atoms with Crippen molar-refractivity contribution in [2.24, 2.45) is 11.1 Å². The van der Waals surface area contributed by atoms with Crippen LogP contribution in [0, 0.1) is 5.41 Å². The molecule has 1 unspecified atom stereocenters. The van der Waals surface area contributed by atoms with Crippen molar-refractivity contribution in [3.05, 3.63) is 35.9 Å². The Morgan fingerprint density at radius 1 is 1.29 bits per heavy atom. The van der Waals surface area contributed by atoms with E-state index in [1.165, 1.54) is 0 Å². The van der Waals surface area contributed by atoms with Gasteiger partial charge in [-0.2, -0.15) is 0 Å². The third kappa shape index (κ3) is 1.44. The Hall–Kier alpha value is -0.890. The molecule has 1 aliphatic carbocycles. The van der Waals surface area contributed by atoms with Crippen LogP contribution in [0.1, 0.15) is 31.0 Å². The van der Waals surface area contributed by atoms with Gasteiger partial charge in [-0.25, -0.2) is 4.39 Å². The highest BCUT2D eigenvalue weighted by Gasteiger charge is 2.44. The zero-order chi connectivity index (χ0) is 10.0. The summed E-state index contributed by atoms with van der Waals surface area (Å²) in [5, 5.41) is 0. The number of halogens is 1. The van der Waals surface area contributed by atoms with Crippen molar-refractivity contribution in [2.45, 2.75) is 25.4 Å². The normalized spacial score (nSPS) is 21.3. The van der Waals surface area contributed by atoms with Gasteiger partial charge in [0, 0.05) is 12.0 Å². The molecule has 0 bridgehead atoms. The molecule has 0 saturated heterocycles. The van der Waals surface area contributed by atoms with E-state index in [9.17, 15) is 4.39 Å². The quantitative estimate of drug-likeness (QED) is 0.784. The van der Waals surface area contributed by atoms with Crippen LogP contribution in [0.3, 0.4) is 0 Å². The molecule has 1 saturated carbocycles. The van der Waals surface area contributed by atoms with Gasteiger partial charge in [-0.3, -0.25) is 0 Å². The Labute approximate surface area is 84.1 Å². The van der Waals surface area contributed by atoms with Crippen LogP contribution in [0.15, 0.2) is 30.3 Å². The molecule has 2 heteroatoms. The summed E-state index contributed by atoms with van der Waals surface area (Å²) in [6.07, 6.45) is 2.09. The molecule has 1 aliphatic rings. The molecule has 14 heavy (non-hydrogen) atoms. The molecule has 0 aliphatic heterocycles. The zero-order valence-corrected chi connectivity index (χ0v) is 8.25. The van der Waals surface area contributed by atoms with Crippen LogP contribution >= 0.6 is 0 Å². The molecular formula is C12H16FN. The van der Waals surface area contributed by atoms with Crippen molar-refractivity contribution in [1.29, 1.82) is 0 Å². The number of rotatable bonds is 3.